The van der Waals surface area contributed by atoms with Crippen molar-refractivity contribution in [3.63, 3.8) is 0 Å². The van der Waals surface area contributed by atoms with Crippen molar-refractivity contribution in [2.45, 2.75) is 5.88 Å². The first-order chi connectivity index (χ1) is 5.92. The van der Waals surface area contributed by atoms with E-state index in [9.17, 15) is 0 Å². The first kappa shape index (κ1) is 10.3. The topological polar surface area (TPSA) is 12.9 Å². The Hall–Kier alpha value is -0.790. The molecule has 0 amide bonds. The Kier molecular flexibility index (Phi) is 3.52. The van der Waals surface area contributed by atoms with Crippen LogP contribution < -0.4 is 0 Å². The van der Waals surface area contributed by atoms with E-state index >= 15 is 0 Å². The van der Waals surface area contributed by atoms with Crippen molar-refractivity contribution >= 4 is 34.9 Å². The average molecular weight is 214 g/mol. The maximum atomic E-state index is 5.77. The lowest BCUT2D eigenvalue weighted by Crippen LogP contribution is -1.84. The average Bonchev–Trinajstić information content (AvgIpc) is 2.17. The molecule has 0 fully saturated rings. The predicted octanol–water partition coefficient (Wildman–Crippen LogP) is 3.40. The van der Waals surface area contributed by atoms with Gasteiger partial charge in [0.1, 0.15) is 0 Å². The molecule has 2 aromatic rings. The molecular weight excluding hydrogens is 205 g/mol. The van der Waals surface area contributed by atoms with Gasteiger partial charge in [-0.1, -0.05) is 24.3 Å². The van der Waals surface area contributed by atoms with Crippen molar-refractivity contribution in [3.05, 3.63) is 42.1 Å². The van der Waals surface area contributed by atoms with Crippen LogP contribution in [0.1, 0.15) is 5.56 Å². The summed E-state index contributed by atoms with van der Waals surface area (Å²) in [4.78, 5) is 4.27. The van der Waals surface area contributed by atoms with Crippen molar-refractivity contribution < 1.29 is 0 Å². The van der Waals surface area contributed by atoms with Gasteiger partial charge in [-0.3, -0.25) is 4.98 Å². The summed E-state index contributed by atoms with van der Waals surface area (Å²) < 4.78 is 0. The highest BCUT2D eigenvalue weighted by Crippen LogP contribution is 2.16. The van der Waals surface area contributed by atoms with E-state index in [0.29, 0.717) is 5.88 Å². The number of pyridine rings is 1. The van der Waals surface area contributed by atoms with Crippen LogP contribution in [0.5, 0.6) is 0 Å². The smallest absolute Gasteiger partial charge is 0.0746 e. The van der Waals surface area contributed by atoms with Crippen molar-refractivity contribution in [2.75, 3.05) is 0 Å². The molecule has 0 atom stereocenters. The zero-order valence-corrected chi connectivity index (χ0v) is 8.48. The minimum Gasteiger partial charge on any atom is -0.256 e. The Labute approximate surface area is 88.2 Å². The molecule has 2 rings (SSSR count). The van der Waals surface area contributed by atoms with E-state index in [1.807, 2.05) is 30.3 Å². The van der Waals surface area contributed by atoms with Gasteiger partial charge < -0.3 is 0 Å². The minimum absolute atomic E-state index is 0. The van der Waals surface area contributed by atoms with Gasteiger partial charge in [-0.2, -0.15) is 0 Å². The fourth-order valence-corrected chi connectivity index (χ4v) is 1.49. The second kappa shape index (κ2) is 4.45. The summed E-state index contributed by atoms with van der Waals surface area (Å²) in [5.41, 5.74) is 2.10. The minimum atomic E-state index is 0. The van der Waals surface area contributed by atoms with Crippen molar-refractivity contribution in [2.24, 2.45) is 0 Å². The van der Waals surface area contributed by atoms with Crippen LogP contribution in [0.2, 0.25) is 0 Å². The van der Waals surface area contributed by atoms with E-state index in [1.54, 1.807) is 6.20 Å². The number of alkyl halides is 1. The summed E-state index contributed by atoms with van der Waals surface area (Å²) >= 11 is 5.77. The second-order valence-corrected chi connectivity index (χ2v) is 2.89. The van der Waals surface area contributed by atoms with Crippen molar-refractivity contribution in [1.82, 2.24) is 4.98 Å². The number of nitrogens with zero attached hydrogens (tertiary/aromatic N) is 1. The van der Waals surface area contributed by atoms with E-state index in [4.69, 9.17) is 11.6 Å². The highest BCUT2D eigenvalue weighted by Gasteiger charge is 1.98. The second-order valence-electron chi connectivity index (χ2n) is 2.63. The molecule has 3 heteroatoms. The lowest BCUT2D eigenvalue weighted by atomic mass is 10.1. The van der Waals surface area contributed by atoms with Crippen LogP contribution in [-0.2, 0) is 5.88 Å². The number of benzene rings is 1. The number of halogens is 2. The van der Waals surface area contributed by atoms with Gasteiger partial charge in [-0.05, 0) is 11.6 Å². The molecule has 1 aromatic carbocycles. The molecule has 68 valence electrons. The first-order valence-corrected chi connectivity index (χ1v) is 4.34. The highest BCUT2D eigenvalue weighted by atomic mass is 35.5. The molecule has 0 saturated carbocycles. The van der Waals surface area contributed by atoms with Gasteiger partial charge in [0.05, 0.1) is 5.52 Å². The van der Waals surface area contributed by atoms with Gasteiger partial charge in [0.2, 0.25) is 0 Å². The van der Waals surface area contributed by atoms with Crippen molar-refractivity contribution in [3.8, 4) is 0 Å². The van der Waals surface area contributed by atoms with Crippen LogP contribution in [0.3, 0.4) is 0 Å². The third-order valence-electron chi connectivity index (χ3n) is 1.86. The molecule has 0 bridgehead atoms. The lowest BCUT2D eigenvalue weighted by molar-refractivity contribution is 1.34. The Balaban J connectivity index is 0.000000845. The standard InChI is InChI=1S/C10H8ClN.ClH/c11-7-9-4-1-3-8-5-2-6-12-10(8)9;/h1-6H,7H2;1H. The number of hydrogen-bond acceptors (Lipinski definition) is 1. The Morgan fingerprint density at radius 1 is 1.15 bits per heavy atom. The van der Waals surface area contributed by atoms with Gasteiger partial charge in [0.15, 0.2) is 0 Å². The highest BCUT2D eigenvalue weighted by molar-refractivity contribution is 6.17. The SMILES string of the molecule is Cl.ClCc1cccc2cccnc12. The molecule has 0 radical (unpaired) electrons. The van der Waals surface area contributed by atoms with Gasteiger partial charge in [0, 0.05) is 17.5 Å². The maximum absolute atomic E-state index is 5.77. The third kappa shape index (κ3) is 1.93. The summed E-state index contributed by atoms with van der Waals surface area (Å²) in [6.45, 7) is 0. The fraction of sp³-hybridized carbons (Fsp3) is 0.100. The summed E-state index contributed by atoms with van der Waals surface area (Å²) in [6, 6.07) is 10.0. The summed E-state index contributed by atoms with van der Waals surface area (Å²) in [7, 11) is 0. The van der Waals surface area contributed by atoms with E-state index in [-0.39, 0.29) is 12.4 Å². The molecule has 0 unspecified atom stereocenters. The largest absolute Gasteiger partial charge is 0.256 e. The number of rotatable bonds is 1. The zero-order chi connectivity index (χ0) is 8.39. The predicted molar refractivity (Wildman–Crippen MR) is 58.5 cm³/mol. The van der Waals surface area contributed by atoms with E-state index < -0.39 is 0 Å². The van der Waals surface area contributed by atoms with Crippen molar-refractivity contribution in [1.29, 1.82) is 0 Å². The first-order valence-electron chi connectivity index (χ1n) is 3.80. The van der Waals surface area contributed by atoms with E-state index in [2.05, 4.69) is 4.98 Å². The van der Waals surface area contributed by atoms with Crippen LogP contribution in [-0.4, -0.2) is 4.98 Å². The van der Waals surface area contributed by atoms with Crippen LogP contribution in [0.25, 0.3) is 10.9 Å². The molecule has 13 heavy (non-hydrogen) atoms. The quantitative estimate of drug-likeness (QED) is 0.663. The fourth-order valence-electron chi connectivity index (χ4n) is 1.28. The molecule has 0 N–H and O–H groups in total. The molecular formula is C10H9Cl2N. The van der Waals surface area contributed by atoms with Crippen LogP contribution >= 0.6 is 24.0 Å². The van der Waals surface area contributed by atoms with Gasteiger partial charge in [-0.25, -0.2) is 0 Å². The summed E-state index contributed by atoms with van der Waals surface area (Å²) in [5.74, 6) is 0.522. The summed E-state index contributed by atoms with van der Waals surface area (Å²) in [6.07, 6.45) is 1.79. The molecule has 1 heterocycles. The van der Waals surface area contributed by atoms with Crippen LogP contribution in [0, 0.1) is 0 Å². The van der Waals surface area contributed by atoms with Gasteiger partial charge in [0.25, 0.3) is 0 Å². The van der Waals surface area contributed by atoms with Gasteiger partial charge in [-0.15, -0.1) is 24.0 Å². The molecule has 1 nitrogen and oxygen atoms in total. The molecule has 0 aliphatic rings. The van der Waals surface area contributed by atoms with Crippen LogP contribution in [0.15, 0.2) is 36.5 Å². The third-order valence-corrected chi connectivity index (χ3v) is 2.15. The molecule has 0 aliphatic carbocycles. The van der Waals surface area contributed by atoms with E-state index in [1.165, 1.54) is 0 Å². The number of hydrogen-bond donors (Lipinski definition) is 0. The number of para-hydroxylation sites is 1. The maximum Gasteiger partial charge on any atom is 0.0746 e. The number of aromatic nitrogens is 1. The zero-order valence-electron chi connectivity index (χ0n) is 6.90. The van der Waals surface area contributed by atoms with E-state index in [0.717, 1.165) is 16.5 Å². The molecule has 0 saturated heterocycles. The van der Waals surface area contributed by atoms with Gasteiger partial charge >= 0.3 is 0 Å². The molecule has 1 aromatic heterocycles. The van der Waals surface area contributed by atoms with Crippen LogP contribution in [0.4, 0.5) is 0 Å². The Morgan fingerprint density at radius 3 is 2.69 bits per heavy atom. The Bertz CT molecular complexity index is 396. The molecule has 0 aliphatic heterocycles. The Morgan fingerprint density at radius 2 is 1.92 bits per heavy atom. The monoisotopic (exact) mass is 213 g/mol. The molecule has 0 spiro atoms. The lowest BCUT2D eigenvalue weighted by Gasteiger charge is -2.00. The normalized spacial score (nSPS) is 9.62. The number of fused-ring (bicyclic) bond motifs is 1. The summed E-state index contributed by atoms with van der Waals surface area (Å²) in [5, 5.41) is 1.15.